The molecule has 1 aromatic heterocycles. The molecule has 0 fully saturated rings. The minimum absolute atomic E-state index is 0.0245. The molecule has 0 aliphatic heterocycles. The average Bonchev–Trinajstić information content (AvgIpc) is 2.84. The lowest BCUT2D eigenvalue weighted by atomic mass is 9.90. The van der Waals surface area contributed by atoms with E-state index >= 15 is 0 Å². The van der Waals surface area contributed by atoms with Gasteiger partial charge in [0.1, 0.15) is 5.82 Å². The highest BCUT2D eigenvalue weighted by Gasteiger charge is 2.12. The zero-order valence-corrected chi connectivity index (χ0v) is 13.2. The number of rotatable bonds is 4. The van der Waals surface area contributed by atoms with Crippen LogP contribution in [0.2, 0.25) is 0 Å². The van der Waals surface area contributed by atoms with E-state index in [1.165, 1.54) is 30.4 Å². The second-order valence-corrected chi connectivity index (χ2v) is 5.99. The summed E-state index contributed by atoms with van der Waals surface area (Å²) in [6, 6.07) is 6.46. The van der Waals surface area contributed by atoms with Crippen LogP contribution >= 0.6 is 0 Å². The molecule has 1 aliphatic rings. The van der Waals surface area contributed by atoms with Crippen LogP contribution in [0.1, 0.15) is 41.2 Å². The zero-order chi connectivity index (χ0) is 15.5. The molecule has 1 amide bonds. The smallest absolute Gasteiger partial charge is 0.224 e. The number of aromatic nitrogens is 3. The van der Waals surface area contributed by atoms with E-state index in [0.717, 1.165) is 23.6 Å². The first kappa shape index (κ1) is 14.8. The van der Waals surface area contributed by atoms with Gasteiger partial charge in [-0.05, 0) is 49.3 Å². The Bertz CT molecular complexity index is 690. The third-order valence-corrected chi connectivity index (χ3v) is 4.40. The first-order chi connectivity index (χ1) is 10.6. The van der Waals surface area contributed by atoms with Gasteiger partial charge in [0, 0.05) is 7.05 Å². The van der Waals surface area contributed by atoms with Gasteiger partial charge in [0.25, 0.3) is 0 Å². The van der Waals surface area contributed by atoms with Crippen molar-refractivity contribution in [3.63, 3.8) is 0 Å². The van der Waals surface area contributed by atoms with Crippen molar-refractivity contribution in [3.05, 3.63) is 46.5 Å². The topological polar surface area (TPSA) is 59.8 Å². The first-order valence-electron chi connectivity index (χ1n) is 7.86. The number of hydrogen-bond acceptors (Lipinski definition) is 3. The Kier molecular flexibility index (Phi) is 4.22. The quantitative estimate of drug-likeness (QED) is 0.937. The number of benzene rings is 1. The molecule has 1 aromatic carbocycles. The molecule has 0 saturated heterocycles. The fourth-order valence-corrected chi connectivity index (χ4v) is 2.93. The van der Waals surface area contributed by atoms with Crippen molar-refractivity contribution in [1.82, 2.24) is 20.1 Å². The Morgan fingerprint density at radius 1 is 1.23 bits per heavy atom. The monoisotopic (exact) mass is 298 g/mol. The summed E-state index contributed by atoms with van der Waals surface area (Å²) in [5.74, 6) is 1.65. The van der Waals surface area contributed by atoms with Crippen molar-refractivity contribution >= 4 is 5.91 Å². The first-order valence-corrected chi connectivity index (χ1v) is 7.86. The van der Waals surface area contributed by atoms with Gasteiger partial charge in [-0.2, -0.15) is 0 Å². The third kappa shape index (κ3) is 3.18. The number of nitrogens with zero attached hydrogens (tertiary/aromatic N) is 3. The van der Waals surface area contributed by atoms with Crippen LogP contribution in [0.15, 0.2) is 18.2 Å². The molecule has 22 heavy (non-hydrogen) atoms. The second kappa shape index (κ2) is 6.30. The number of fused-ring (bicyclic) bond motifs is 1. The van der Waals surface area contributed by atoms with E-state index in [-0.39, 0.29) is 5.91 Å². The summed E-state index contributed by atoms with van der Waals surface area (Å²) in [4.78, 5) is 12.1. The fraction of sp³-hybridized carbons (Fsp3) is 0.471. The highest BCUT2D eigenvalue weighted by Crippen LogP contribution is 2.22. The van der Waals surface area contributed by atoms with Gasteiger partial charge in [0.05, 0.1) is 13.0 Å². The highest BCUT2D eigenvalue weighted by molar-refractivity contribution is 5.78. The van der Waals surface area contributed by atoms with Crippen LogP contribution in [-0.2, 0) is 37.6 Å². The molecular weight excluding hydrogens is 276 g/mol. The van der Waals surface area contributed by atoms with Gasteiger partial charge in [-0.25, -0.2) is 0 Å². The molecule has 1 heterocycles. The average molecular weight is 298 g/mol. The molecule has 0 radical (unpaired) electrons. The third-order valence-electron chi connectivity index (χ3n) is 4.40. The van der Waals surface area contributed by atoms with E-state index in [1.807, 2.05) is 18.5 Å². The summed E-state index contributed by atoms with van der Waals surface area (Å²) in [6.45, 7) is 2.31. The normalized spacial score (nSPS) is 13.7. The number of aryl methyl sites for hydroxylation is 3. The number of carbonyl (C=O) groups is 1. The second-order valence-electron chi connectivity index (χ2n) is 5.99. The molecule has 116 valence electrons. The number of carbonyl (C=O) groups excluding carboxylic acids is 1. The van der Waals surface area contributed by atoms with Gasteiger partial charge in [-0.1, -0.05) is 18.2 Å². The van der Waals surface area contributed by atoms with Crippen LogP contribution in [0.25, 0.3) is 0 Å². The van der Waals surface area contributed by atoms with E-state index in [9.17, 15) is 4.79 Å². The van der Waals surface area contributed by atoms with Crippen molar-refractivity contribution in [3.8, 4) is 0 Å². The Morgan fingerprint density at radius 2 is 2.00 bits per heavy atom. The minimum Gasteiger partial charge on any atom is -0.349 e. The van der Waals surface area contributed by atoms with Crippen LogP contribution in [0.3, 0.4) is 0 Å². The van der Waals surface area contributed by atoms with Crippen LogP contribution in [-0.4, -0.2) is 20.7 Å². The van der Waals surface area contributed by atoms with Gasteiger partial charge in [-0.15, -0.1) is 10.2 Å². The SMILES string of the molecule is Cc1nnc(CNC(=O)Cc2ccc3c(c2)CCCC3)n1C. The lowest BCUT2D eigenvalue weighted by Gasteiger charge is -2.16. The van der Waals surface area contributed by atoms with Crippen LogP contribution < -0.4 is 5.32 Å². The highest BCUT2D eigenvalue weighted by atomic mass is 16.1. The lowest BCUT2D eigenvalue weighted by Crippen LogP contribution is -2.26. The lowest BCUT2D eigenvalue weighted by molar-refractivity contribution is -0.120. The fourth-order valence-electron chi connectivity index (χ4n) is 2.93. The molecule has 0 saturated carbocycles. The van der Waals surface area contributed by atoms with E-state index in [2.05, 4.69) is 33.7 Å². The van der Waals surface area contributed by atoms with Crippen molar-refractivity contribution < 1.29 is 4.79 Å². The van der Waals surface area contributed by atoms with Crippen LogP contribution in [0.5, 0.6) is 0 Å². The van der Waals surface area contributed by atoms with Gasteiger partial charge in [0.2, 0.25) is 5.91 Å². The molecule has 0 spiro atoms. The number of amides is 1. The van der Waals surface area contributed by atoms with E-state index in [1.54, 1.807) is 0 Å². The van der Waals surface area contributed by atoms with E-state index in [4.69, 9.17) is 0 Å². The molecule has 0 bridgehead atoms. The summed E-state index contributed by atoms with van der Waals surface area (Å²) in [5, 5.41) is 11.0. The maximum Gasteiger partial charge on any atom is 0.224 e. The van der Waals surface area contributed by atoms with Crippen LogP contribution in [0.4, 0.5) is 0 Å². The molecular formula is C17H22N4O. The predicted octanol–water partition coefficient (Wildman–Crippen LogP) is 1.86. The van der Waals surface area contributed by atoms with Gasteiger partial charge in [-0.3, -0.25) is 4.79 Å². The molecule has 5 heteroatoms. The molecule has 2 aromatic rings. The summed E-state index contributed by atoms with van der Waals surface area (Å²) in [6.07, 6.45) is 5.28. The van der Waals surface area contributed by atoms with E-state index < -0.39 is 0 Å². The maximum absolute atomic E-state index is 12.1. The number of nitrogens with one attached hydrogen (secondary N) is 1. The number of hydrogen-bond donors (Lipinski definition) is 1. The molecule has 0 atom stereocenters. The minimum atomic E-state index is 0.0245. The van der Waals surface area contributed by atoms with Gasteiger partial charge < -0.3 is 9.88 Å². The van der Waals surface area contributed by atoms with Crippen molar-refractivity contribution in [2.45, 2.75) is 45.6 Å². The van der Waals surface area contributed by atoms with E-state index in [0.29, 0.717) is 13.0 Å². The standard InChI is InChI=1S/C17H22N4O/c1-12-19-20-16(21(12)2)11-18-17(22)10-13-7-8-14-5-3-4-6-15(14)9-13/h7-9H,3-6,10-11H2,1-2H3,(H,18,22). The Balaban J connectivity index is 1.58. The Hall–Kier alpha value is -2.17. The largest absolute Gasteiger partial charge is 0.349 e. The Morgan fingerprint density at radius 3 is 2.73 bits per heavy atom. The molecule has 3 rings (SSSR count). The Labute approximate surface area is 130 Å². The van der Waals surface area contributed by atoms with Gasteiger partial charge in [0.15, 0.2) is 5.82 Å². The summed E-state index contributed by atoms with van der Waals surface area (Å²) in [7, 11) is 1.90. The summed E-state index contributed by atoms with van der Waals surface area (Å²) in [5.41, 5.74) is 3.96. The summed E-state index contributed by atoms with van der Waals surface area (Å²) < 4.78 is 1.89. The van der Waals surface area contributed by atoms with Crippen molar-refractivity contribution in [2.75, 3.05) is 0 Å². The molecule has 1 aliphatic carbocycles. The van der Waals surface area contributed by atoms with Crippen molar-refractivity contribution in [2.24, 2.45) is 7.05 Å². The predicted molar refractivity (Wildman–Crippen MR) is 84.4 cm³/mol. The van der Waals surface area contributed by atoms with Crippen molar-refractivity contribution in [1.29, 1.82) is 0 Å². The molecule has 1 N–H and O–H groups in total. The summed E-state index contributed by atoms with van der Waals surface area (Å²) >= 11 is 0. The molecule has 0 unspecified atom stereocenters. The molecule has 5 nitrogen and oxygen atoms in total. The van der Waals surface area contributed by atoms with Gasteiger partial charge >= 0.3 is 0 Å². The van der Waals surface area contributed by atoms with Crippen LogP contribution in [0, 0.1) is 6.92 Å². The zero-order valence-electron chi connectivity index (χ0n) is 13.2. The maximum atomic E-state index is 12.1.